The number of carbonyl (C=O) groups excluding carboxylic acids is 2. The maximum absolute atomic E-state index is 12.9. The molecule has 1 aromatic heterocycles. The number of nitrogens with zero attached hydrogens (tertiary/aromatic N) is 3. The molecule has 32 heavy (non-hydrogen) atoms. The van der Waals surface area contributed by atoms with Crippen molar-refractivity contribution in [2.45, 2.75) is 26.4 Å². The van der Waals surface area contributed by atoms with Gasteiger partial charge in [0.25, 0.3) is 17.2 Å². The van der Waals surface area contributed by atoms with E-state index in [2.05, 4.69) is 5.32 Å². The predicted molar refractivity (Wildman–Crippen MR) is 117 cm³/mol. The second-order valence-electron chi connectivity index (χ2n) is 7.12. The minimum absolute atomic E-state index is 0.0722. The zero-order valence-electron chi connectivity index (χ0n) is 17.8. The van der Waals surface area contributed by atoms with Crippen LogP contribution in [0.1, 0.15) is 18.2 Å². The van der Waals surface area contributed by atoms with E-state index < -0.39 is 28.5 Å². The largest absolute Gasteiger partial charge is 0.452 e. The summed E-state index contributed by atoms with van der Waals surface area (Å²) in [4.78, 5) is 48.2. The van der Waals surface area contributed by atoms with E-state index in [1.165, 1.54) is 29.8 Å². The van der Waals surface area contributed by atoms with Crippen molar-refractivity contribution in [3.8, 4) is 5.69 Å². The highest BCUT2D eigenvalue weighted by molar-refractivity contribution is 5.95. The molecule has 166 valence electrons. The van der Waals surface area contributed by atoms with Crippen LogP contribution in [-0.2, 0) is 27.8 Å². The van der Waals surface area contributed by atoms with Crippen molar-refractivity contribution in [1.82, 2.24) is 9.36 Å². The molecule has 0 saturated heterocycles. The zero-order valence-corrected chi connectivity index (χ0v) is 17.8. The number of esters is 1. The molecule has 2 aromatic carbocycles. The van der Waals surface area contributed by atoms with E-state index in [9.17, 15) is 24.5 Å². The number of anilines is 1. The lowest BCUT2D eigenvalue weighted by molar-refractivity contribution is -0.385. The zero-order chi connectivity index (χ0) is 23.4. The van der Waals surface area contributed by atoms with Gasteiger partial charge in [-0.1, -0.05) is 36.4 Å². The standard InChI is InChI=1S/C22H22N4O6/c1-14-20(22(29)25(24(14)3)17-10-5-4-6-11-17)23-21(28)15(2)32-19(27)13-16-9-7-8-12-18(16)26(30)31/h4-12,15H,13H2,1-3H3,(H,23,28). The van der Waals surface area contributed by atoms with Crippen molar-refractivity contribution in [2.75, 3.05) is 5.32 Å². The molecule has 0 fully saturated rings. The second-order valence-corrected chi connectivity index (χ2v) is 7.12. The van der Waals surface area contributed by atoms with E-state index in [1.54, 1.807) is 49.0 Å². The lowest BCUT2D eigenvalue weighted by Crippen LogP contribution is -2.32. The third-order valence-electron chi connectivity index (χ3n) is 5.00. The van der Waals surface area contributed by atoms with E-state index in [-0.39, 0.29) is 23.4 Å². The van der Waals surface area contributed by atoms with Crippen LogP contribution >= 0.6 is 0 Å². The van der Waals surface area contributed by atoms with Gasteiger partial charge in [0.2, 0.25) is 0 Å². The number of nitrogens with one attached hydrogen (secondary N) is 1. The summed E-state index contributed by atoms with van der Waals surface area (Å²) in [6, 6.07) is 14.7. The minimum Gasteiger partial charge on any atom is -0.452 e. The Kier molecular flexibility index (Phi) is 6.53. The van der Waals surface area contributed by atoms with Crippen molar-refractivity contribution in [2.24, 2.45) is 7.05 Å². The van der Waals surface area contributed by atoms with E-state index in [1.807, 2.05) is 6.07 Å². The topological polar surface area (TPSA) is 125 Å². The van der Waals surface area contributed by atoms with Crippen molar-refractivity contribution in [3.05, 3.63) is 86.3 Å². The molecule has 3 rings (SSSR count). The van der Waals surface area contributed by atoms with Gasteiger partial charge in [0.05, 0.1) is 22.7 Å². The summed E-state index contributed by atoms with van der Waals surface area (Å²) in [6.45, 7) is 3.04. The Morgan fingerprint density at radius 1 is 1.12 bits per heavy atom. The summed E-state index contributed by atoms with van der Waals surface area (Å²) < 4.78 is 8.16. The molecular formula is C22H22N4O6. The highest BCUT2D eigenvalue weighted by Gasteiger charge is 2.24. The average molecular weight is 438 g/mol. The number of amides is 1. The molecule has 1 N–H and O–H groups in total. The van der Waals surface area contributed by atoms with Crippen molar-refractivity contribution < 1.29 is 19.2 Å². The van der Waals surface area contributed by atoms with Gasteiger partial charge in [0, 0.05) is 18.7 Å². The number of hydrogen-bond donors (Lipinski definition) is 1. The first-order valence-electron chi connectivity index (χ1n) is 9.77. The van der Waals surface area contributed by atoms with Crippen LogP contribution in [0, 0.1) is 17.0 Å². The average Bonchev–Trinajstić information content (AvgIpc) is 2.97. The molecule has 1 heterocycles. The Bertz CT molecular complexity index is 1230. The van der Waals surface area contributed by atoms with Crippen LogP contribution in [-0.4, -0.2) is 32.3 Å². The summed E-state index contributed by atoms with van der Waals surface area (Å²) in [5, 5.41) is 13.6. The number of aromatic nitrogens is 2. The van der Waals surface area contributed by atoms with E-state index >= 15 is 0 Å². The van der Waals surface area contributed by atoms with Crippen LogP contribution in [0.25, 0.3) is 5.69 Å². The Morgan fingerprint density at radius 2 is 1.75 bits per heavy atom. The number of benzene rings is 2. The first-order chi connectivity index (χ1) is 15.2. The number of hydrogen-bond acceptors (Lipinski definition) is 6. The first-order valence-corrected chi connectivity index (χ1v) is 9.77. The lowest BCUT2D eigenvalue weighted by atomic mass is 10.1. The van der Waals surface area contributed by atoms with Crippen LogP contribution in [0.3, 0.4) is 0 Å². The van der Waals surface area contributed by atoms with Crippen molar-refractivity contribution in [3.63, 3.8) is 0 Å². The Labute approximate surface area is 183 Å². The number of nitro groups is 1. The van der Waals surface area contributed by atoms with Gasteiger partial charge < -0.3 is 10.1 Å². The van der Waals surface area contributed by atoms with Crippen molar-refractivity contribution in [1.29, 1.82) is 0 Å². The Morgan fingerprint density at radius 3 is 2.41 bits per heavy atom. The number of para-hydroxylation sites is 2. The van der Waals surface area contributed by atoms with E-state index in [0.717, 1.165) is 0 Å². The molecule has 0 aliphatic heterocycles. The summed E-state index contributed by atoms with van der Waals surface area (Å²) >= 11 is 0. The fraction of sp³-hybridized carbons (Fsp3) is 0.227. The number of nitro benzene ring substituents is 1. The molecule has 1 amide bonds. The molecular weight excluding hydrogens is 416 g/mol. The minimum atomic E-state index is -1.21. The maximum Gasteiger partial charge on any atom is 0.311 e. The van der Waals surface area contributed by atoms with Gasteiger partial charge in [-0.2, -0.15) is 0 Å². The molecule has 0 radical (unpaired) electrons. The first kappa shape index (κ1) is 22.5. The number of rotatable bonds is 7. The summed E-state index contributed by atoms with van der Waals surface area (Å²) in [7, 11) is 1.69. The smallest absolute Gasteiger partial charge is 0.311 e. The fourth-order valence-corrected chi connectivity index (χ4v) is 3.22. The molecule has 0 aliphatic rings. The van der Waals surface area contributed by atoms with Gasteiger partial charge in [0.15, 0.2) is 6.10 Å². The van der Waals surface area contributed by atoms with Crippen LogP contribution in [0.5, 0.6) is 0 Å². The predicted octanol–water partition coefficient (Wildman–Crippen LogP) is 2.51. The van der Waals surface area contributed by atoms with Crippen LogP contribution in [0.15, 0.2) is 59.4 Å². The second kappa shape index (κ2) is 9.29. The normalized spacial score (nSPS) is 11.6. The van der Waals surface area contributed by atoms with E-state index in [4.69, 9.17) is 4.74 Å². The van der Waals surface area contributed by atoms with Gasteiger partial charge in [-0.15, -0.1) is 0 Å². The monoisotopic (exact) mass is 438 g/mol. The highest BCUT2D eigenvalue weighted by atomic mass is 16.6. The van der Waals surface area contributed by atoms with E-state index in [0.29, 0.717) is 11.4 Å². The highest BCUT2D eigenvalue weighted by Crippen LogP contribution is 2.19. The van der Waals surface area contributed by atoms with Gasteiger partial charge in [-0.25, -0.2) is 4.68 Å². The quantitative estimate of drug-likeness (QED) is 0.343. The lowest BCUT2D eigenvalue weighted by Gasteiger charge is -2.13. The number of ether oxygens (including phenoxy) is 1. The molecule has 1 unspecified atom stereocenters. The number of carbonyl (C=O) groups is 2. The van der Waals surface area contributed by atoms with Crippen LogP contribution in [0.4, 0.5) is 11.4 Å². The Balaban J connectivity index is 1.72. The Hall–Kier alpha value is -4.21. The summed E-state index contributed by atoms with van der Waals surface area (Å²) in [5.74, 6) is -1.49. The molecule has 0 saturated carbocycles. The molecule has 3 aromatic rings. The maximum atomic E-state index is 12.9. The molecule has 0 bridgehead atoms. The molecule has 0 spiro atoms. The summed E-state index contributed by atoms with van der Waals surface area (Å²) in [6.07, 6.45) is -1.57. The molecule has 10 nitrogen and oxygen atoms in total. The van der Waals surface area contributed by atoms with Gasteiger partial charge >= 0.3 is 5.97 Å². The van der Waals surface area contributed by atoms with Crippen molar-refractivity contribution >= 4 is 23.3 Å². The SMILES string of the molecule is Cc1c(NC(=O)C(C)OC(=O)Cc2ccccc2[N+](=O)[O-])c(=O)n(-c2ccccc2)n1C. The molecule has 10 heteroatoms. The molecule has 0 aliphatic carbocycles. The van der Waals surface area contributed by atoms with Gasteiger partial charge in [0.1, 0.15) is 5.69 Å². The van der Waals surface area contributed by atoms with Crippen LogP contribution < -0.4 is 10.9 Å². The molecule has 1 atom stereocenters. The third-order valence-corrected chi connectivity index (χ3v) is 5.00. The third kappa shape index (κ3) is 4.59. The van der Waals surface area contributed by atoms with Crippen LogP contribution in [0.2, 0.25) is 0 Å². The fourth-order valence-electron chi connectivity index (χ4n) is 3.22. The van der Waals surface area contributed by atoms with Gasteiger partial charge in [-0.05, 0) is 26.0 Å². The van der Waals surface area contributed by atoms with Gasteiger partial charge in [-0.3, -0.25) is 29.2 Å². The summed E-state index contributed by atoms with van der Waals surface area (Å²) in [5.41, 5.74) is 0.770.